The Morgan fingerprint density at radius 1 is 0.966 bits per heavy atom. The fourth-order valence-electron chi connectivity index (χ4n) is 2.67. The highest BCUT2D eigenvalue weighted by atomic mass is 35.5. The highest BCUT2D eigenvalue weighted by molar-refractivity contribution is 6.13. The standard InChI is InChI=1S/C19H18ClNO8/c20-21-3-4-27-5-6-28-19-17(26)16-14(25)8-11(22)9-15(16)29-18(19)10-1-2-12(23)13(24)7-10/h1-2,7-9,21-25H,3-6H2. The second kappa shape index (κ2) is 8.91. The van der Waals surface area contributed by atoms with Crippen LogP contribution in [-0.2, 0) is 4.74 Å². The van der Waals surface area contributed by atoms with Gasteiger partial charge in [0.2, 0.25) is 11.2 Å². The Morgan fingerprint density at radius 3 is 2.48 bits per heavy atom. The van der Waals surface area contributed by atoms with E-state index >= 15 is 0 Å². The molecule has 29 heavy (non-hydrogen) atoms. The average molecular weight is 424 g/mol. The van der Waals surface area contributed by atoms with Crippen LogP contribution in [0.25, 0.3) is 22.3 Å². The van der Waals surface area contributed by atoms with Gasteiger partial charge in [0.15, 0.2) is 17.3 Å². The largest absolute Gasteiger partial charge is 0.508 e. The van der Waals surface area contributed by atoms with Crippen molar-refractivity contribution in [2.45, 2.75) is 0 Å². The molecule has 0 spiro atoms. The number of phenolic OH excluding ortho intramolecular Hbond substituents is 4. The molecule has 2 aromatic carbocycles. The summed E-state index contributed by atoms with van der Waals surface area (Å²) >= 11 is 5.33. The summed E-state index contributed by atoms with van der Waals surface area (Å²) < 4.78 is 16.6. The smallest absolute Gasteiger partial charge is 0.239 e. The lowest BCUT2D eigenvalue weighted by molar-refractivity contribution is 0.103. The predicted octanol–water partition coefficient (Wildman–Crippen LogP) is 2.42. The first-order chi connectivity index (χ1) is 13.9. The molecule has 0 aliphatic heterocycles. The van der Waals surface area contributed by atoms with Gasteiger partial charge in [-0.05, 0) is 30.0 Å². The molecule has 0 amide bonds. The third-order valence-electron chi connectivity index (χ3n) is 3.97. The maximum absolute atomic E-state index is 13.0. The summed E-state index contributed by atoms with van der Waals surface area (Å²) in [5.41, 5.74) is -0.509. The van der Waals surface area contributed by atoms with Crippen LogP contribution in [0.3, 0.4) is 0 Å². The van der Waals surface area contributed by atoms with Gasteiger partial charge in [0.05, 0.1) is 13.2 Å². The Bertz CT molecular complexity index is 1080. The summed E-state index contributed by atoms with van der Waals surface area (Å²) in [5, 5.41) is 38.9. The van der Waals surface area contributed by atoms with Crippen LogP contribution in [0.2, 0.25) is 0 Å². The molecule has 1 heterocycles. The molecule has 154 valence electrons. The van der Waals surface area contributed by atoms with Crippen LogP contribution in [0, 0.1) is 0 Å². The van der Waals surface area contributed by atoms with Crippen molar-refractivity contribution in [1.29, 1.82) is 0 Å². The topological polar surface area (TPSA) is 142 Å². The van der Waals surface area contributed by atoms with Gasteiger partial charge < -0.3 is 34.3 Å². The number of nitrogens with one attached hydrogen (secondary N) is 1. The fraction of sp³-hybridized carbons (Fsp3) is 0.211. The van der Waals surface area contributed by atoms with Gasteiger partial charge in [0.25, 0.3) is 0 Å². The van der Waals surface area contributed by atoms with Crippen molar-refractivity contribution in [1.82, 2.24) is 4.84 Å². The zero-order valence-electron chi connectivity index (χ0n) is 15.0. The quantitative estimate of drug-likeness (QED) is 0.210. The van der Waals surface area contributed by atoms with Crippen LogP contribution >= 0.6 is 11.8 Å². The molecule has 0 bridgehead atoms. The monoisotopic (exact) mass is 423 g/mol. The van der Waals surface area contributed by atoms with E-state index in [4.69, 9.17) is 25.7 Å². The van der Waals surface area contributed by atoms with Gasteiger partial charge >= 0.3 is 0 Å². The van der Waals surface area contributed by atoms with E-state index in [1.54, 1.807) is 0 Å². The Morgan fingerprint density at radius 2 is 1.76 bits per heavy atom. The van der Waals surface area contributed by atoms with E-state index in [1.807, 2.05) is 0 Å². The lowest BCUT2D eigenvalue weighted by atomic mass is 10.1. The van der Waals surface area contributed by atoms with Gasteiger partial charge in [-0.1, -0.05) is 0 Å². The highest BCUT2D eigenvalue weighted by Crippen LogP contribution is 2.38. The van der Waals surface area contributed by atoms with Crippen molar-refractivity contribution in [3.63, 3.8) is 0 Å². The molecule has 0 aliphatic carbocycles. The average Bonchev–Trinajstić information content (AvgIpc) is 2.67. The minimum atomic E-state index is -0.672. The normalized spacial score (nSPS) is 11.1. The molecule has 0 saturated heterocycles. The molecule has 0 saturated carbocycles. The summed E-state index contributed by atoms with van der Waals surface area (Å²) in [7, 11) is 0. The van der Waals surface area contributed by atoms with Gasteiger partial charge in [-0.25, -0.2) is 4.84 Å². The molecular formula is C19H18ClNO8. The molecule has 5 N–H and O–H groups in total. The lowest BCUT2D eigenvalue weighted by Gasteiger charge is -2.13. The summed E-state index contributed by atoms with van der Waals surface area (Å²) in [6.07, 6.45) is 0. The summed E-state index contributed by atoms with van der Waals surface area (Å²) in [4.78, 5) is 15.4. The van der Waals surface area contributed by atoms with E-state index in [1.165, 1.54) is 24.3 Å². The second-order valence-corrected chi connectivity index (χ2v) is 6.24. The van der Waals surface area contributed by atoms with E-state index in [-0.39, 0.29) is 52.8 Å². The third-order valence-corrected chi connectivity index (χ3v) is 4.16. The van der Waals surface area contributed by atoms with Crippen molar-refractivity contribution in [2.75, 3.05) is 26.4 Å². The number of phenols is 4. The van der Waals surface area contributed by atoms with Crippen LogP contribution in [-0.4, -0.2) is 46.8 Å². The number of benzene rings is 2. The first-order valence-corrected chi connectivity index (χ1v) is 8.89. The Kier molecular flexibility index (Phi) is 6.32. The molecular weight excluding hydrogens is 406 g/mol. The van der Waals surface area contributed by atoms with Crippen molar-refractivity contribution in [3.05, 3.63) is 40.6 Å². The number of aromatic hydroxyl groups is 4. The first kappa shape index (κ1) is 20.6. The third kappa shape index (κ3) is 4.48. The first-order valence-electron chi connectivity index (χ1n) is 8.51. The van der Waals surface area contributed by atoms with E-state index in [2.05, 4.69) is 4.84 Å². The minimum absolute atomic E-state index is 0.00549. The molecule has 9 nitrogen and oxygen atoms in total. The molecule has 0 fully saturated rings. The fourth-order valence-corrected chi connectivity index (χ4v) is 2.75. The summed E-state index contributed by atoms with van der Waals surface area (Å²) in [5.74, 6) is -1.81. The maximum atomic E-state index is 13.0. The van der Waals surface area contributed by atoms with E-state index in [0.717, 1.165) is 6.07 Å². The number of hydrogen-bond acceptors (Lipinski definition) is 9. The lowest BCUT2D eigenvalue weighted by Crippen LogP contribution is -2.16. The molecule has 0 radical (unpaired) electrons. The number of ether oxygens (including phenoxy) is 2. The number of halogens is 1. The molecule has 0 unspecified atom stereocenters. The number of hydrogen-bond donors (Lipinski definition) is 5. The van der Waals surface area contributed by atoms with Gasteiger partial charge in [0.1, 0.15) is 29.1 Å². The molecule has 1 aromatic heterocycles. The van der Waals surface area contributed by atoms with Gasteiger partial charge in [-0.2, -0.15) is 0 Å². The zero-order valence-corrected chi connectivity index (χ0v) is 15.8. The highest BCUT2D eigenvalue weighted by Gasteiger charge is 2.21. The van der Waals surface area contributed by atoms with Gasteiger partial charge in [-0.3, -0.25) is 4.79 Å². The van der Waals surface area contributed by atoms with Crippen molar-refractivity contribution >= 4 is 22.7 Å². The summed E-state index contributed by atoms with van der Waals surface area (Å²) in [6.45, 7) is 0.902. The number of rotatable bonds is 8. The van der Waals surface area contributed by atoms with Crippen LogP contribution in [0.5, 0.6) is 28.7 Å². The van der Waals surface area contributed by atoms with Crippen LogP contribution < -0.4 is 15.0 Å². The maximum Gasteiger partial charge on any atom is 0.239 e. The molecule has 0 aliphatic rings. The van der Waals surface area contributed by atoms with Crippen molar-refractivity contribution in [2.24, 2.45) is 0 Å². The van der Waals surface area contributed by atoms with E-state index in [0.29, 0.717) is 13.2 Å². The van der Waals surface area contributed by atoms with Gasteiger partial charge in [-0.15, -0.1) is 0 Å². The summed E-state index contributed by atoms with van der Waals surface area (Å²) in [6, 6.07) is 6.01. The second-order valence-electron chi connectivity index (χ2n) is 5.98. The Hall–Kier alpha value is -3.14. The van der Waals surface area contributed by atoms with Crippen LogP contribution in [0.15, 0.2) is 39.5 Å². The van der Waals surface area contributed by atoms with Crippen LogP contribution in [0.1, 0.15) is 0 Å². The zero-order chi connectivity index (χ0) is 21.0. The predicted molar refractivity (Wildman–Crippen MR) is 105 cm³/mol. The Labute approximate surface area is 169 Å². The number of fused-ring (bicyclic) bond motifs is 1. The SMILES string of the molecule is O=c1c(OCCOCCNCl)c(-c2ccc(O)c(O)c2)oc2cc(O)cc(O)c12. The minimum Gasteiger partial charge on any atom is -0.508 e. The molecule has 10 heteroatoms. The van der Waals surface area contributed by atoms with Crippen molar-refractivity contribution < 1.29 is 34.3 Å². The molecule has 0 atom stereocenters. The molecule has 3 rings (SSSR count). The van der Waals surface area contributed by atoms with Crippen molar-refractivity contribution in [3.8, 4) is 40.1 Å². The van der Waals surface area contributed by atoms with E-state index in [9.17, 15) is 25.2 Å². The Balaban J connectivity index is 2.06. The van der Waals surface area contributed by atoms with Gasteiger partial charge in [0, 0.05) is 24.2 Å². The molecule has 3 aromatic rings. The van der Waals surface area contributed by atoms with E-state index < -0.39 is 16.9 Å². The van der Waals surface area contributed by atoms with Crippen LogP contribution in [0.4, 0.5) is 0 Å².